The largest absolute Gasteiger partial charge is 0.145 e. The molecule has 0 radical (unpaired) electrons. The van der Waals surface area contributed by atoms with E-state index in [1.165, 1.54) is 19.3 Å². The molecule has 14 heavy (non-hydrogen) atoms. The number of hydrogen-bond donors (Lipinski definition) is 0. The predicted octanol–water partition coefficient (Wildman–Crippen LogP) is 4.56. The Morgan fingerprint density at radius 3 is 1.86 bits per heavy atom. The molecular weight excluding hydrogens is 188 g/mol. The summed E-state index contributed by atoms with van der Waals surface area (Å²) in [5, 5.41) is 0. The normalized spacial score (nSPS) is 11.3. The van der Waals surface area contributed by atoms with Gasteiger partial charge in [0.05, 0.1) is 0 Å². The topological polar surface area (TPSA) is 0 Å². The van der Waals surface area contributed by atoms with Gasteiger partial charge in [-0.1, -0.05) is 34.6 Å². The average molecular weight is 210 g/mol. The third kappa shape index (κ3) is 2.03. The van der Waals surface area contributed by atoms with E-state index in [1.807, 2.05) is 11.3 Å². The minimum atomic E-state index is 0.695. The Hall–Kier alpha value is -0.300. The molecule has 0 bridgehead atoms. The van der Waals surface area contributed by atoms with Gasteiger partial charge in [0.25, 0.3) is 0 Å². The highest BCUT2D eigenvalue weighted by Gasteiger charge is 2.15. The van der Waals surface area contributed by atoms with Crippen molar-refractivity contribution in [2.24, 2.45) is 0 Å². The third-order valence-electron chi connectivity index (χ3n) is 2.78. The van der Waals surface area contributed by atoms with Crippen molar-refractivity contribution in [3.05, 3.63) is 20.9 Å². The van der Waals surface area contributed by atoms with E-state index in [0.717, 1.165) is 0 Å². The molecule has 0 fully saturated rings. The van der Waals surface area contributed by atoms with Gasteiger partial charge in [0.15, 0.2) is 0 Å². The molecule has 1 heterocycles. The molecule has 0 amide bonds. The van der Waals surface area contributed by atoms with Crippen molar-refractivity contribution < 1.29 is 0 Å². The molecule has 0 N–H and O–H groups in total. The Balaban J connectivity index is 3.24. The lowest BCUT2D eigenvalue weighted by molar-refractivity contribution is 0.862. The first-order chi connectivity index (χ1) is 6.65. The van der Waals surface area contributed by atoms with Crippen LogP contribution in [0.1, 0.15) is 61.4 Å². The van der Waals surface area contributed by atoms with E-state index in [9.17, 15) is 0 Å². The Labute approximate surface area is 92.4 Å². The molecule has 0 spiro atoms. The summed E-state index contributed by atoms with van der Waals surface area (Å²) in [5.41, 5.74) is 3.29. The van der Waals surface area contributed by atoms with Crippen LogP contribution in [0.4, 0.5) is 0 Å². The molecule has 0 aliphatic rings. The van der Waals surface area contributed by atoms with E-state index >= 15 is 0 Å². The van der Waals surface area contributed by atoms with Crippen LogP contribution in [0.3, 0.4) is 0 Å². The zero-order chi connectivity index (χ0) is 10.7. The van der Waals surface area contributed by atoms with Gasteiger partial charge in [-0.25, -0.2) is 0 Å². The summed E-state index contributed by atoms with van der Waals surface area (Å²) in [6.07, 6.45) is 3.61. The number of rotatable bonds is 4. The fourth-order valence-corrected chi connectivity index (χ4v) is 3.55. The van der Waals surface area contributed by atoms with Crippen LogP contribution in [-0.2, 0) is 19.3 Å². The monoisotopic (exact) mass is 210 g/mol. The van der Waals surface area contributed by atoms with Gasteiger partial charge in [-0.15, -0.1) is 11.3 Å². The summed E-state index contributed by atoms with van der Waals surface area (Å²) >= 11 is 2.04. The molecule has 1 heteroatoms. The summed E-state index contributed by atoms with van der Waals surface area (Å²) in [7, 11) is 0. The van der Waals surface area contributed by atoms with Crippen molar-refractivity contribution in [1.29, 1.82) is 0 Å². The van der Waals surface area contributed by atoms with E-state index in [0.29, 0.717) is 5.92 Å². The van der Waals surface area contributed by atoms with Crippen molar-refractivity contribution in [3.63, 3.8) is 0 Å². The number of aryl methyl sites for hydroxylation is 1. The van der Waals surface area contributed by atoms with E-state index in [-0.39, 0.29) is 0 Å². The maximum Gasteiger partial charge on any atom is 0.0108 e. The maximum absolute atomic E-state index is 2.31. The van der Waals surface area contributed by atoms with Crippen LogP contribution in [0.25, 0.3) is 0 Å². The lowest BCUT2D eigenvalue weighted by Gasteiger charge is -2.06. The Bertz CT molecular complexity index is 294. The van der Waals surface area contributed by atoms with Gasteiger partial charge in [-0.05, 0) is 36.3 Å². The molecule has 0 unspecified atom stereocenters. The summed E-state index contributed by atoms with van der Waals surface area (Å²) in [6, 6.07) is 0. The summed E-state index contributed by atoms with van der Waals surface area (Å²) in [6.45, 7) is 11.5. The van der Waals surface area contributed by atoms with Crippen LogP contribution in [0.15, 0.2) is 0 Å². The van der Waals surface area contributed by atoms with Gasteiger partial charge in [-0.3, -0.25) is 0 Å². The lowest BCUT2D eigenvalue weighted by atomic mass is 9.98. The van der Waals surface area contributed by atoms with Gasteiger partial charge >= 0.3 is 0 Å². The number of thiophene rings is 1. The van der Waals surface area contributed by atoms with Crippen LogP contribution in [0, 0.1) is 0 Å². The van der Waals surface area contributed by atoms with Gasteiger partial charge in [-0.2, -0.15) is 0 Å². The smallest absolute Gasteiger partial charge is 0.0108 e. The summed E-state index contributed by atoms with van der Waals surface area (Å²) in [5.74, 6) is 0.695. The molecule has 0 atom stereocenters. The minimum absolute atomic E-state index is 0.695. The fourth-order valence-electron chi connectivity index (χ4n) is 2.12. The van der Waals surface area contributed by atoms with Crippen molar-refractivity contribution in [2.45, 2.75) is 59.8 Å². The van der Waals surface area contributed by atoms with E-state index in [2.05, 4.69) is 34.6 Å². The standard InChI is InChI=1S/C13H22S/c1-6-10-11(7-2)13(9(4)5)14-12(10)8-3/h9H,6-8H2,1-5H3. The van der Waals surface area contributed by atoms with Gasteiger partial charge in [0.1, 0.15) is 0 Å². The van der Waals surface area contributed by atoms with E-state index in [4.69, 9.17) is 0 Å². The van der Waals surface area contributed by atoms with Gasteiger partial charge in [0.2, 0.25) is 0 Å². The van der Waals surface area contributed by atoms with Gasteiger partial charge in [0, 0.05) is 9.75 Å². The first kappa shape index (κ1) is 11.8. The quantitative estimate of drug-likeness (QED) is 0.683. The minimum Gasteiger partial charge on any atom is -0.145 e. The number of hydrogen-bond acceptors (Lipinski definition) is 1. The average Bonchev–Trinajstić information content (AvgIpc) is 2.54. The molecule has 0 saturated heterocycles. The molecule has 0 nitrogen and oxygen atoms in total. The zero-order valence-electron chi connectivity index (χ0n) is 10.1. The van der Waals surface area contributed by atoms with Crippen molar-refractivity contribution in [2.75, 3.05) is 0 Å². The molecule has 0 aliphatic carbocycles. The molecule has 0 saturated carbocycles. The molecule has 80 valence electrons. The second-order valence-electron chi connectivity index (χ2n) is 4.06. The van der Waals surface area contributed by atoms with Crippen LogP contribution in [-0.4, -0.2) is 0 Å². The second kappa shape index (κ2) is 4.97. The van der Waals surface area contributed by atoms with Gasteiger partial charge < -0.3 is 0 Å². The third-order valence-corrected chi connectivity index (χ3v) is 4.50. The first-order valence-electron chi connectivity index (χ1n) is 5.78. The highest BCUT2D eigenvalue weighted by Crippen LogP contribution is 2.34. The Morgan fingerprint density at radius 1 is 0.929 bits per heavy atom. The molecule has 1 aromatic heterocycles. The Morgan fingerprint density at radius 2 is 1.50 bits per heavy atom. The Kier molecular flexibility index (Phi) is 4.18. The second-order valence-corrected chi connectivity index (χ2v) is 5.20. The zero-order valence-corrected chi connectivity index (χ0v) is 10.9. The van der Waals surface area contributed by atoms with Crippen molar-refractivity contribution >= 4 is 11.3 Å². The lowest BCUT2D eigenvalue weighted by Crippen LogP contribution is -1.93. The maximum atomic E-state index is 2.31. The van der Waals surface area contributed by atoms with E-state index < -0.39 is 0 Å². The van der Waals surface area contributed by atoms with Crippen LogP contribution in [0.5, 0.6) is 0 Å². The van der Waals surface area contributed by atoms with Crippen LogP contribution >= 0.6 is 11.3 Å². The molecular formula is C13H22S. The summed E-state index contributed by atoms with van der Waals surface area (Å²) < 4.78 is 0. The van der Waals surface area contributed by atoms with Crippen molar-refractivity contribution in [1.82, 2.24) is 0 Å². The van der Waals surface area contributed by atoms with Crippen molar-refractivity contribution in [3.8, 4) is 0 Å². The fraction of sp³-hybridized carbons (Fsp3) is 0.692. The molecule has 0 aromatic carbocycles. The van der Waals surface area contributed by atoms with E-state index in [1.54, 1.807) is 20.9 Å². The molecule has 1 aromatic rings. The first-order valence-corrected chi connectivity index (χ1v) is 6.60. The highest BCUT2D eigenvalue weighted by molar-refractivity contribution is 7.12. The highest BCUT2D eigenvalue weighted by atomic mass is 32.1. The molecule has 0 aliphatic heterocycles. The molecule has 1 rings (SSSR count). The van der Waals surface area contributed by atoms with Crippen LogP contribution in [0.2, 0.25) is 0 Å². The predicted molar refractivity (Wildman–Crippen MR) is 66.5 cm³/mol. The SMILES string of the molecule is CCc1sc(C(C)C)c(CC)c1CC. The summed E-state index contributed by atoms with van der Waals surface area (Å²) in [4.78, 5) is 3.24. The van der Waals surface area contributed by atoms with Crippen LogP contribution < -0.4 is 0 Å².